The van der Waals surface area contributed by atoms with Crippen LogP contribution in [-0.2, 0) is 6.18 Å². The number of amides is 1. The summed E-state index contributed by atoms with van der Waals surface area (Å²) in [5.41, 5.74) is 5.89. The molecule has 1 aliphatic rings. The third-order valence-electron chi connectivity index (χ3n) is 5.21. The average Bonchev–Trinajstić information content (AvgIpc) is 3.25. The van der Waals surface area contributed by atoms with Gasteiger partial charge in [-0.05, 0) is 47.4 Å². The van der Waals surface area contributed by atoms with E-state index in [0.717, 1.165) is 24.3 Å². The summed E-state index contributed by atoms with van der Waals surface area (Å²) < 4.78 is 57.5. The van der Waals surface area contributed by atoms with Gasteiger partial charge in [0.1, 0.15) is 0 Å². The lowest BCUT2D eigenvalue weighted by Crippen LogP contribution is -2.50. The largest absolute Gasteiger partial charge is 0.494 e. The van der Waals surface area contributed by atoms with Gasteiger partial charge >= 0.3 is 6.18 Å². The van der Waals surface area contributed by atoms with E-state index in [4.69, 9.17) is 4.74 Å². The van der Waals surface area contributed by atoms with Crippen LogP contribution in [0, 0.1) is 11.2 Å². The fourth-order valence-corrected chi connectivity index (χ4v) is 3.36. The van der Waals surface area contributed by atoms with Crippen molar-refractivity contribution in [1.29, 1.82) is 0 Å². The van der Waals surface area contributed by atoms with E-state index in [9.17, 15) is 22.4 Å². The molecule has 11 heteroatoms. The van der Waals surface area contributed by atoms with Crippen molar-refractivity contribution in [2.75, 3.05) is 13.7 Å². The molecular weight excluding hydrogens is 466 g/mol. The minimum absolute atomic E-state index is 0.0624. The highest BCUT2D eigenvalue weighted by Gasteiger charge is 2.30. The molecule has 7 nitrogen and oxygen atoms in total. The first-order valence-corrected chi connectivity index (χ1v) is 11.0. The molecule has 4 N–H and O–H groups in total. The molecule has 2 atom stereocenters. The van der Waals surface area contributed by atoms with Crippen LogP contribution in [0.5, 0.6) is 5.75 Å². The molecule has 35 heavy (non-hydrogen) atoms. The van der Waals surface area contributed by atoms with E-state index >= 15 is 0 Å². The molecule has 0 bridgehead atoms. The number of carbonyl (C=O) groups excluding carboxylic acids is 1. The van der Waals surface area contributed by atoms with Gasteiger partial charge in [0, 0.05) is 24.6 Å². The highest BCUT2D eigenvalue weighted by Crippen LogP contribution is 2.29. The molecule has 0 aromatic heterocycles. The maximum absolute atomic E-state index is 14.1. The number of hydrogen-bond acceptors (Lipinski definition) is 5. The molecule has 0 spiro atoms. The number of alkyl halides is 3. The maximum Gasteiger partial charge on any atom is 0.416 e. The van der Waals surface area contributed by atoms with Gasteiger partial charge in [0.15, 0.2) is 17.5 Å². The number of rotatable bonds is 5. The van der Waals surface area contributed by atoms with Crippen molar-refractivity contribution in [1.82, 2.24) is 21.5 Å². The van der Waals surface area contributed by atoms with Gasteiger partial charge < -0.3 is 10.1 Å². The quantitative estimate of drug-likeness (QED) is 0.285. The highest BCUT2D eigenvalue weighted by atomic mass is 19.4. The maximum atomic E-state index is 14.1. The van der Waals surface area contributed by atoms with E-state index in [-0.39, 0.29) is 34.9 Å². The van der Waals surface area contributed by atoms with Crippen molar-refractivity contribution in [2.24, 2.45) is 10.4 Å². The molecule has 1 heterocycles. The fourth-order valence-electron chi connectivity index (χ4n) is 3.36. The summed E-state index contributed by atoms with van der Waals surface area (Å²) in [6.45, 7) is 6.33. The van der Waals surface area contributed by atoms with Gasteiger partial charge in [-0.1, -0.05) is 26.8 Å². The van der Waals surface area contributed by atoms with Gasteiger partial charge in [0.2, 0.25) is 0 Å². The van der Waals surface area contributed by atoms with Crippen LogP contribution in [0.25, 0.3) is 0 Å². The van der Waals surface area contributed by atoms with Crippen LogP contribution in [0.3, 0.4) is 0 Å². The van der Waals surface area contributed by atoms with Crippen molar-refractivity contribution in [3.8, 4) is 5.75 Å². The highest BCUT2D eigenvalue weighted by molar-refractivity contribution is 6.05. The molecule has 1 fully saturated rings. The van der Waals surface area contributed by atoms with E-state index in [0.29, 0.717) is 18.5 Å². The van der Waals surface area contributed by atoms with Crippen LogP contribution in [0.1, 0.15) is 54.7 Å². The number of nitrogens with one attached hydrogen (secondary N) is 4. The monoisotopic (exact) mass is 495 g/mol. The first-order chi connectivity index (χ1) is 16.4. The number of nitrogens with zero attached hydrogens (tertiary/aromatic N) is 1. The molecule has 0 aliphatic carbocycles. The lowest BCUT2D eigenvalue weighted by molar-refractivity contribution is -0.137. The Hall–Kier alpha value is -3.18. The number of methoxy groups -OCH3 is 1. The summed E-state index contributed by atoms with van der Waals surface area (Å²) in [5.74, 6) is -0.749. The minimum Gasteiger partial charge on any atom is -0.494 e. The normalized spacial score (nSPS) is 18.9. The average molecular weight is 496 g/mol. The summed E-state index contributed by atoms with van der Waals surface area (Å²) in [5, 5.41) is 5.75. The van der Waals surface area contributed by atoms with E-state index in [1.807, 2.05) is 20.8 Å². The molecule has 0 saturated carbocycles. The lowest BCUT2D eigenvalue weighted by atomic mass is 9.97. The summed E-state index contributed by atoms with van der Waals surface area (Å²) in [6.07, 6.45) is -4.35. The number of benzene rings is 2. The molecule has 2 aromatic carbocycles. The predicted molar refractivity (Wildman–Crippen MR) is 124 cm³/mol. The second kappa shape index (κ2) is 10.6. The van der Waals surface area contributed by atoms with Gasteiger partial charge in [0.25, 0.3) is 5.91 Å². The van der Waals surface area contributed by atoms with Crippen LogP contribution in [0.15, 0.2) is 47.5 Å². The summed E-state index contributed by atoms with van der Waals surface area (Å²) in [7, 11) is 1.39. The summed E-state index contributed by atoms with van der Waals surface area (Å²) >= 11 is 0. The third kappa shape index (κ3) is 7.40. The Balaban J connectivity index is 1.70. The fraction of sp³-hybridized carbons (Fsp3) is 0.417. The summed E-state index contributed by atoms with van der Waals surface area (Å²) in [6, 6.07) is 8.42. The number of hydrazine groups is 1. The van der Waals surface area contributed by atoms with Crippen molar-refractivity contribution >= 4 is 11.9 Å². The van der Waals surface area contributed by atoms with Gasteiger partial charge in [-0.3, -0.25) is 15.1 Å². The van der Waals surface area contributed by atoms with Crippen molar-refractivity contribution in [2.45, 2.75) is 45.6 Å². The molecule has 1 aliphatic heterocycles. The van der Waals surface area contributed by atoms with Crippen molar-refractivity contribution < 1.29 is 27.1 Å². The van der Waals surface area contributed by atoms with E-state index in [1.165, 1.54) is 13.2 Å². The van der Waals surface area contributed by atoms with Crippen LogP contribution in [-0.4, -0.2) is 31.7 Å². The number of aliphatic imine (C=N–C) groups is 1. The zero-order valence-electron chi connectivity index (χ0n) is 19.9. The molecule has 190 valence electrons. The minimum atomic E-state index is -4.49. The van der Waals surface area contributed by atoms with Crippen molar-refractivity contribution in [3.05, 3.63) is 65.0 Å². The molecule has 3 rings (SSSR count). The second-order valence-corrected chi connectivity index (χ2v) is 9.42. The first kappa shape index (κ1) is 26.4. The first-order valence-electron chi connectivity index (χ1n) is 11.0. The molecule has 2 aromatic rings. The standard InChI is InChI=1S/C24H29F4N5O2/c1-23(2,3)13-29-22(31-21(34)14-5-8-16(9-6-14)24(26,27)28)30-20-12-18(32-33-20)15-7-10-19(35-4)17(25)11-15/h5-11,18,20,32-33H,12-13H2,1-4H3,(H2,29,30,31,34). The number of guanidine groups is 1. The zero-order chi connectivity index (χ0) is 25.8. The Bertz CT molecular complexity index is 1070. The smallest absolute Gasteiger partial charge is 0.416 e. The van der Waals surface area contributed by atoms with Crippen LogP contribution in [0.2, 0.25) is 0 Å². The third-order valence-corrected chi connectivity index (χ3v) is 5.21. The Morgan fingerprint density at radius 3 is 2.37 bits per heavy atom. The topological polar surface area (TPSA) is 86.8 Å². The number of ether oxygens (including phenoxy) is 1. The van der Waals surface area contributed by atoms with Gasteiger partial charge in [-0.25, -0.2) is 15.2 Å². The SMILES string of the molecule is COc1ccc(C2CC(NC(=NCC(C)(C)C)NC(=O)c3ccc(C(F)(F)F)cc3)NN2)cc1F. The molecule has 0 radical (unpaired) electrons. The Kier molecular flexibility index (Phi) is 8.01. The predicted octanol–water partition coefficient (Wildman–Crippen LogP) is 4.14. The molecule has 2 unspecified atom stereocenters. The Labute approximate surface area is 201 Å². The van der Waals surface area contributed by atoms with Gasteiger partial charge in [-0.15, -0.1) is 0 Å². The van der Waals surface area contributed by atoms with Crippen molar-refractivity contribution in [3.63, 3.8) is 0 Å². The molecular formula is C24H29F4N5O2. The van der Waals surface area contributed by atoms with E-state index in [1.54, 1.807) is 12.1 Å². The number of halogens is 4. The van der Waals surface area contributed by atoms with Crippen LogP contribution >= 0.6 is 0 Å². The van der Waals surface area contributed by atoms with Crippen LogP contribution < -0.4 is 26.2 Å². The number of hydrogen-bond donors (Lipinski definition) is 4. The van der Waals surface area contributed by atoms with Crippen LogP contribution in [0.4, 0.5) is 17.6 Å². The van der Waals surface area contributed by atoms with E-state index in [2.05, 4.69) is 26.5 Å². The Morgan fingerprint density at radius 1 is 1.11 bits per heavy atom. The second-order valence-electron chi connectivity index (χ2n) is 9.42. The van der Waals surface area contributed by atoms with E-state index < -0.39 is 23.5 Å². The lowest BCUT2D eigenvalue weighted by Gasteiger charge is -2.20. The number of carbonyl (C=O) groups is 1. The summed E-state index contributed by atoms with van der Waals surface area (Å²) in [4.78, 5) is 17.2. The Morgan fingerprint density at radius 2 is 1.80 bits per heavy atom. The van der Waals surface area contributed by atoms with Gasteiger partial charge in [-0.2, -0.15) is 13.2 Å². The van der Waals surface area contributed by atoms with Gasteiger partial charge in [0.05, 0.1) is 18.8 Å². The molecule has 1 amide bonds. The zero-order valence-corrected chi connectivity index (χ0v) is 19.9. The molecule has 1 saturated heterocycles.